The van der Waals surface area contributed by atoms with Gasteiger partial charge in [-0.2, -0.15) is 0 Å². The van der Waals surface area contributed by atoms with Crippen molar-refractivity contribution in [3.63, 3.8) is 0 Å². The van der Waals surface area contributed by atoms with E-state index in [2.05, 4.69) is 25.6 Å². The first-order chi connectivity index (χ1) is 11.6. The second kappa shape index (κ2) is 7.75. The molecule has 0 amide bonds. The summed E-state index contributed by atoms with van der Waals surface area (Å²) in [4.78, 5) is 11.2. The number of thiazole rings is 1. The van der Waals surface area contributed by atoms with Gasteiger partial charge in [0.05, 0.1) is 6.54 Å². The number of rotatable bonds is 4. The van der Waals surface area contributed by atoms with Crippen LogP contribution < -0.4 is 5.32 Å². The summed E-state index contributed by atoms with van der Waals surface area (Å²) < 4.78 is 13.0. The Bertz CT molecular complexity index is 695. The van der Waals surface area contributed by atoms with Crippen LogP contribution in [-0.4, -0.2) is 36.0 Å². The van der Waals surface area contributed by atoms with Crippen molar-refractivity contribution >= 4 is 17.3 Å². The smallest absolute Gasteiger partial charge is 0.194 e. The molecule has 1 fully saturated rings. The molecule has 0 aliphatic carbocycles. The third-order valence-electron chi connectivity index (χ3n) is 4.30. The van der Waals surface area contributed by atoms with Gasteiger partial charge in [-0.25, -0.2) is 9.37 Å². The number of likely N-dealkylation sites (tertiary alicyclic amines) is 1. The van der Waals surface area contributed by atoms with Crippen molar-refractivity contribution in [1.82, 2.24) is 15.2 Å². The minimum Gasteiger partial charge on any atom is -0.350 e. The van der Waals surface area contributed by atoms with Crippen LogP contribution in [0.2, 0.25) is 0 Å². The van der Waals surface area contributed by atoms with Crippen molar-refractivity contribution in [3.8, 4) is 0 Å². The van der Waals surface area contributed by atoms with Gasteiger partial charge in [-0.3, -0.25) is 4.99 Å². The van der Waals surface area contributed by atoms with Crippen LogP contribution in [0.4, 0.5) is 4.39 Å². The zero-order chi connectivity index (χ0) is 16.9. The lowest BCUT2D eigenvalue weighted by Crippen LogP contribution is -2.39. The molecule has 1 aliphatic heterocycles. The van der Waals surface area contributed by atoms with Crippen molar-refractivity contribution < 1.29 is 4.39 Å². The molecule has 1 atom stereocenters. The Kier molecular flexibility index (Phi) is 5.45. The second-order valence-electron chi connectivity index (χ2n) is 6.21. The zero-order valence-electron chi connectivity index (χ0n) is 14.1. The number of halogens is 1. The van der Waals surface area contributed by atoms with E-state index in [0.29, 0.717) is 12.5 Å². The van der Waals surface area contributed by atoms with E-state index in [4.69, 9.17) is 0 Å². The van der Waals surface area contributed by atoms with Crippen molar-refractivity contribution in [3.05, 3.63) is 51.7 Å². The number of benzene rings is 1. The lowest BCUT2D eigenvalue weighted by Gasteiger charge is -2.21. The highest BCUT2D eigenvalue weighted by Crippen LogP contribution is 2.21. The van der Waals surface area contributed by atoms with Crippen molar-refractivity contribution in [1.29, 1.82) is 0 Å². The van der Waals surface area contributed by atoms with Gasteiger partial charge in [0.2, 0.25) is 0 Å². The van der Waals surface area contributed by atoms with Crippen LogP contribution in [0.5, 0.6) is 0 Å². The Morgan fingerprint density at radius 1 is 1.42 bits per heavy atom. The fourth-order valence-corrected chi connectivity index (χ4v) is 3.83. The van der Waals surface area contributed by atoms with Gasteiger partial charge in [-0.15, -0.1) is 11.3 Å². The summed E-state index contributed by atoms with van der Waals surface area (Å²) >= 11 is 1.67. The summed E-state index contributed by atoms with van der Waals surface area (Å²) in [7, 11) is 1.82. The predicted molar refractivity (Wildman–Crippen MR) is 96.8 cm³/mol. The molecule has 1 saturated heterocycles. The minimum absolute atomic E-state index is 0.172. The Labute approximate surface area is 146 Å². The van der Waals surface area contributed by atoms with Crippen LogP contribution in [0.1, 0.15) is 22.7 Å². The predicted octanol–water partition coefficient (Wildman–Crippen LogP) is 3.23. The van der Waals surface area contributed by atoms with Crippen LogP contribution in [0.3, 0.4) is 0 Å². The molecule has 3 rings (SSSR count). The fraction of sp³-hybridized carbons (Fsp3) is 0.444. The molecule has 2 aromatic rings. The molecule has 0 bridgehead atoms. The summed E-state index contributed by atoms with van der Waals surface area (Å²) in [6.07, 6.45) is 2.12. The number of guanidine groups is 1. The average Bonchev–Trinajstić information content (AvgIpc) is 3.20. The molecule has 2 heterocycles. The van der Waals surface area contributed by atoms with Gasteiger partial charge in [0.25, 0.3) is 0 Å². The van der Waals surface area contributed by atoms with Crippen molar-refractivity contribution in [2.75, 3.05) is 20.1 Å². The highest BCUT2D eigenvalue weighted by atomic mass is 32.1. The SMILES string of the molecule is CN=C(NCc1nc(C)cs1)N1CCC(Cc2ccc(F)cc2)C1. The molecule has 1 aliphatic rings. The topological polar surface area (TPSA) is 40.5 Å². The zero-order valence-corrected chi connectivity index (χ0v) is 14.9. The summed E-state index contributed by atoms with van der Waals surface area (Å²) in [5, 5.41) is 6.55. The number of aryl methyl sites for hydroxylation is 1. The first-order valence-corrected chi connectivity index (χ1v) is 9.13. The van der Waals surface area contributed by atoms with Crippen LogP contribution >= 0.6 is 11.3 Å². The fourth-order valence-electron chi connectivity index (χ4n) is 3.12. The third kappa shape index (κ3) is 4.32. The van der Waals surface area contributed by atoms with E-state index in [9.17, 15) is 4.39 Å². The van der Waals surface area contributed by atoms with Crippen LogP contribution in [0, 0.1) is 18.7 Å². The Morgan fingerprint density at radius 2 is 2.21 bits per heavy atom. The third-order valence-corrected chi connectivity index (χ3v) is 5.27. The summed E-state index contributed by atoms with van der Waals surface area (Å²) in [6, 6.07) is 6.85. The molecule has 0 spiro atoms. The molecule has 128 valence electrons. The molecule has 24 heavy (non-hydrogen) atoms. The molecule has 1 N–H and O–H groups in total. The highest BCUT2D eigenvalue weighted by molar-refractivity contribution is 7.09. The Morgan fingerprint density at radius 3 is 2.88 bits per heavy atom. The average molecular weight is 346 g/mol. The lowest BCUT2D eigenvalue weighted by molar-refractivity contribution is 0.459. The van der Waals surface area contributed by atoms with Gasteiger partial charge >= 0.3 is 0 Å². The van der Waals surface area contributed by atoms with Crippen molar-refractivity contribution in [2.45, 2.75) is 26.3 Å². The molecule has 0 saturated carbocycles. The van der Waals surface area contributed by atoms with Gasteiger partial charge in [-0.05, 0) is 43.4 Å². The Balaban J connectivity index is 1.52. The molecular weight excluding hydrogens is 323 g/mol. The van der Waals surface area contributed by atoms with Gasteiger partial charge in [0, 0.05) is 31.2 Å². The number of nitrogens with zero attached hydrogens (tertiary/aromatic N) is 3. The van der Waals surface area contributed by atoms with E-state index in [-0.39, 0.29) is 5.82 Å². The number of hydrogen-bond acceptors (Lipinski definition) is 3. The maximum Gasteiger partial charge on any atom is 0.194 e. The lowest BCUT2D eigenvalue weighted by atomic mass is 9.99. The maximum atomic E-state index is 13.0. The van der Waals surface area contributed by atoms with Gasteiger partial charge in [0.15, 0.2) is 5.96 Å². The summed E-state index contributed by atoms with van der Waals surface area (Å²) in [5.74, 6) is 1.34. The minimum atomic E-state index is -0.172. The van der Waals surface area contributed by atoms with Gasteiger partial charge < -0.3 is 10.2 Å². The number of aromatic nitrogens is 1. The number of hydrogen-bond donors (Lipinski definition) is 1. The molecule has 4 nitrogen and oxygen atoms in total. The first-order valence-electron chi connectivity index (χ1n) is 8.25. The summed E-state index contributed by atoms with van der Waals surface area (Å²) in [5.41, 5.74) is 2.26. The number of nitrogens with one attached hydrogen (secondary N) is 1. The van der Waals surface area contributed by atoms with E-state index >= 15 is 0 Å². The van der Waals surface area contributed by atoms with E-state index in [0.717, 1.165) is 42.6 Å². The quantitative estimate of drug-likeness (QED) is 0.682. The molecular formula is C18H23FN4S. The van der Waals surface area contributed by atoms with Gasteiger partial charge in [0.1, 0.15) is 10.8 Å². The van der Waals surface area contributed by atoms with Crippen LogP contribution in [-0.2, 0) is 13.0 Å². The van der Waals surface area contributed by atoms with E-state index in [1.165, 1.54) is 5.56 Å². The highest BCUT2D eigenvalue weighted by Gasteiger charge is 2.25. The summed E-state index contributed by atoms with van der Waals surface area (Å²) in [6.45, 7) is 4.70. The van der Waals surface area contributed by atoms with Gasteiger partial charge in [-0.1, -0.05) is 12.1 Å². The number of aliphatic imine (C=N–C) groups is 1. The normalized spacial score (nSPS) is 18.2. The molecule has 1 aromatic heterocycles. The van der Waals surface area contributed by atoms with Crippen molar-refractivity contribution in [2.24, 2.45) is 10.9 Å². The monoisotopic (exact) mass is 346 g/mol. The Hall–Kier alpha value is -1.95. The molecule has 0 radical (unpaired) electrons. The maximum absolute atomic E-state index is 13.0. The second-order valence-corrected chi connectivity index (χ2v) is 7.16. The van der Waals surface area contributed by atoms with E-state index in [1.807, 2.05) is 26.1 Å². The van der Waals surface area contributed by atoms with Crippen LogP contribution in [0.25, 0.3) is 0 Å². The van der Waals surface area contributed by atoms with E-state index in [1.54, 1.807) is 23.5 Å². The molecule has 1 unspecified atom stereocenters. The molecule has 1 aromatic carbocycles. The van der Waals surface area contributed by atoms with E-state index < -0.39 is 0 Å². The standard InChI is InChI=1S/C18H23FN4S/c1-13-12-24-17(22-13)10-21-18(20-2)23-8-7-15(11-23)9-14-3-5-16(19)6-4-14/h3-6,12,15H,7-11H2,1-2H3,(H,20,21). The van der Waals surface area contributed by atoms with Crippen LogP contribution in [0.15, 0.2) is 34.6 Å². The molecule has 6 heteroatoms. The first kappa shape index (κ1) is 16.9. The largest absolute Gasteiger partial charge is 0.350 e.